The van der Waals surface area contributed by atoms with Crippen molar-refractivity contribution in [2.45, 2.75) is 20.0 Å². The summed E-state index contributed by atoms with van der Waals surface area (Å²) in [6.07, 6.45) is 1.38. The number of carbonyl (C=O) groups is 2. The van der Waals surface area contributed by atoms with Crippen LogP contribution in [0.2, 0.25) is 0 Å². The van der Waals surface area contributed by atoms with E-state index < -0.39 is 12.0 Å². The largest absolute Gasteiger partial charge is 0.478 e. The number of carbonyl (C=O) groups excluding carboxylic acids is 1. The van der Waals surface area contributed by atoms with Crippen molar-refractivity contribution in [1.29, 1.82) is 0 Å². The Morgan fingerprint density at radius 1 is 1.29 bits per heavy atom. The van der Waals surface area contributed by atoms with E-state index in [0.717, 1.165) is 5.69 Å². The van der Waals surface area contributed by atoms with Crippen LogP contribution in [0, 0.1) is 6.92 Å². The summed E-state index contributed by atoms with van der Waals surface area (Å²) in [5, 5.41) is 17.7. The predicted molar refractivity (Wildman–Crippen MR) is 71.5 cm³/mol. The van der Waals surface area contributed by atoms with Crippen LogP contribution in [-0.2, 0) is 13.1 Å². The van der Waals surface area contributed by atoms with Crippen molar-refractivity contribution >= 4 is 12.0 Å². The highest BCUT2D eigenvalue weighted by Crippen LogP contribution is 2.02. The van der Waals surface area contributed by atoms with E-state index in [1.807, 2.05) is 0 Å². The second-order valence-corrected chi connectivity index (χ2v) is 4.31. The number of amides is 2. The summed E-state index contributed by atoms with van der Waals surface area (Å²) in [6.45, 7) is 2.13. The molecule has 110 valence electrons. The first-order valence-electron chi connectivity index (χ1n) is 6.16. The van der Waals surface area contributed by atoms with Crippen LogP contribution in [0.25, 0.3) is 0 Å². The molecule has 0 aliphatic heterocycles. The van der Waals surface area contributed by atoms with Crippen molar-refractivity contribution in [2.24, 2.45) is 0 Å². The minimum absolute atomic E-state index is 0.124. The van der Waals surface area contributed by atoms with E-state index >= 15 is 0 Å². The Kier molecular flexibility index (Phi) is 4.50. The fourth-order valence-electron chi connectivity index (χ4n) is 1.61. The maximum Gasteiger partial charge on any atom is 0.335 e. The van der Waals surface area contributed by atoms with Gasteiger partial charge in [-0.1, -0.05) is 5.16 Å². The van der Waals surface area contributed by atoms with E-state index in [4.69, 9.17) is 9.63 Å². The number of pyridine rings is 1. The zero-order valence-corrected chi connectivity index (χ0v) is 11.3. The highest BCUT2D eigenvalue weighted by Gasteiger charge is 2.07. The van der Waals surface area contributed by atoms with Gasteiger partial charge in [-0.3, -0.25) is 4.98 Å². The summed E-state index contributed by atoms with van der Waals surface area (Å²) in [7, 11) is 0. The van der Waals surface area contributed by atoms with Crippen LogP contribution in [0.3, 0.4) is 0 Å². The van der Waals surface area contributed by atoms with E-state index in [1.54, 1.807) is 13.0 Å². The van der Waals surface area contributed by atoms with Gasteiger partial charge in [-0.25, -0.2) is 9.59 Å². The molecular formula is C13H14N4O4. The summed E-state index contributed by atoms with van der Waals surface area (Å²) in [5.41, 5.74) is 1.32. The van der Waals surface area contributed by atoms with Crippen molar-refractivity contribution in [3.8, 4) is 0 Å². The van der Waals surface area contributed by atoms with Gasteiger partial charge in [-0.05, 0) is 19.1 Å². The van der Waals surface area contributed by atoms with Crippen LogP contribution in [0.15, 0.2) is 28.9 Å². The molecule has 0 atom stereocenters. The lowest BCUT2D eigenvalue weighted by Crippen LogP contribution is -2.34. The van der Waals surface area contributed by atoms with Gasteiger partial charge in [0.1, 0.15) is 0 Å². The van der Waals surface area contributed by atoms with Crippen molar-refractivity contribution in [2.75, 3.05) is 0 Å². The molecule has 2 heterocycles. The Morgan fingerprint density at radius 3 is 2.71 bits per heavy atom. The van der Waals surface area contributed by atoms with E-state index in [0.29, 0.717) is 11.5 Å². The molecule has 0 aromatic carbocycles. The molecular weight excluding hydrogens is 276 g/mol. The average Bonchev–Trinajstić information content (AvgIpc) is 2.89. The smallest absolute Gasteiger partial charge is 0.335 e. The molecule has 0 bridgehead atoms. The number of aromatic nitrogens is 2. The van der Waals surface area contributed by atoms with Crippen LogP contribution in [0.4, 0.5) is 4.79 Å². The highest BCUT2D eigenvalue weighted by atomic mass is 16.5. The Hall–Kier alpha value is -2.90. The van der Waals surface area contributed by atoms with Crippen LogP contribution in [-0.4, -0.2) is 27.2 Å². The van der Waals surface area contributed by atoms with Crippen molar-refractivity contribution < 1.29 is 19.2 Å². The summed E-state index contributed by atoms with van der Waals surface area (Å²) in [5.74, 6) is -0.488. The van der Waals surface area contributed by atoms with Gasteiger partial charge in [0, 0.05) is 12.3 Å². The SMILES string of the molecule is Cc1cc(CNC(=O)NCc2cc(C(=O)O)ccn2)on1. The number of urea groups is 1. The zero-order chi connectivity index (χ0) is 15.2. The standard InChI is InChI=1S/C13H14N4O4/c1-8-4-11(21-17-8)7-16-13(20)15-6-10-5-9(12(18)19)2-3-14-10/h2-5H,6-7H2,1H3,(H,18,19)(H2,15,16,20). The first-order valence-corrected chi connectivity index (χ1v) is 6.16. The molecule has 2 aromatic heterocycles. The molecule has 0 saturated carbocycles. The fraction of sp³-hybridized carbons (Fsp3) is 0.231. The molecule has 0 unspecified atom stereocenters. The lowest BCUT2D eigenvalue weighted by molar-refractivity contribution is 0.0696. The fourth-order valence-corrected chi connectivity index (χ4v) is 1.61. The molecule has 0 spiro atoms. The minimum Gasteiger partial charge on any atom is -0.478 e. The van der Waals surface area contributed by atoms with Gasteiger partial charge in [0.25, 0.3) is 0 Å². The summed E-state index contributed by atoms with van der Waals surface area (Å²) in [4.78, 5) is 26.4. The van der Waals surface area contributed by atoms with Crippen molar-refractivity contribution in [1.82, 2.24) is 20.8 Å². The average molecular weight is 290 g/mol. The summed E-state index contributed by atoms with van der Waals surface area (Å²) < 4.78 is 4.95. The number of hydrogen-bond donors (Lipinski definition) is 3. The minimum atomic E-state index is -1.04. The van der Waals surface area contributed by atoms with E-state index in [2.05, 4.69) is 20.8 Å². The number of carboxylic acid groups (broad SMARTS) is 1. The number of aryl methyl sites for hydroxylation is 1. The van der Waals surface area contributed by atoms with Gasteiger partial charge in [0.2, 0.25) is 0 Å². The molecule has 0 aliphatic carbocycles. The lowest BCUT2D eigenvalue weighted by Gasteiger charge is -2.06. The zero-order valence-electron chi connectivity index (χ0n) is 11.3. The third-order valence-corrected chi connectivity index (χ3v) is 2.59. The van der Waals surface area contributed by atoms with E-state index in [1.165, 1.54) is 18.3 Å². The molecule has 21 heavy (non-hydrogen) atoms. The topological polar surface area (TPSA) is 117 Å². The lowest BCUT2D eigenvalue weighted by atomic mass is 10.2. The first kappa shape index (κ1) is 14.5. The Labute approximate surface area is 120 Å². The van der Waals surface area contributed by atoms with Gasteiger partial charge in [-0.2, -0.15) is 0 Å². The summed E-state index contributed by atoms with van der Waals surface area (Å²) in [6, 6.07) is 4.10. The van der Waals surface area contributed by atoms with Gasteiger partial charge in [0.05, 0.1) is 30.0 Å². The monoisotopic (exact) mass is 290 g/mol. The number of nitrogens with one attached hydrogen (secondary N) is 2. The number of aromatic carboxylic acids is 1. The maximum atomic E-state index is 11.6. The molecule has 2 amide bonds. The maximum absolute atomic E-state index is 11.6. The van der Waals surface area contributed by atoms with Crippen LogP contribution >= 0.6 is 0 Å². The van der Waals surface area contributed by atoms with Crippen LogP contribution < -0.4 is 10.6 Å². The van der Waals surface area contributed by atoms with E-state index in [9.17, 15) is 9.59 Å². The molecule has 8 nitrogen and oxygen atoms in total. The second-order valence-electron chi connectivity index (χ2n) is 4.31. The molecule has 2 rings (SSSR count). The predicted octanol–water partition coefficient (Wildman–Crippen LogP) is 1.08. The molecule has 8 heteroatoms. The number of rotatable bonds is 5. The number of nitrogens with zero attached hydrogens (tertiary/aromatic N) is 2. The number of hydrogen-bond acceptors (Lipinski definition) is 5. The van der Waals surface area contributed by atoms with E-state index in [-0.39, 0.29) is 18.7 Å². The highest BCUT2D eigenvalue weighted by molar-refractivity contribution is 5.87. The van der Waals surface area contributed by atoms with Crippen LogP contribution in [0.1, 0.15) is 27.5 Å². The molecule has 0 aliphatic rings. The third-order valence-electron chi connectivity index (χ3n) is 2.59. The summed E-state index contributed by atoms with van der Waals surface area (Å²) >= 11 is 0. The van der Waals surface area contributed by atoms with Gasteiger partial charge in [0.15, 0.2) is 5.76 Å². The molecule has 0 radical (unpaired) electrons. The molecule has 3 N–H and O–H groups in total. The molecule has 2 aromatic rings. The molecule has 0 saturated heterocycles. The quantitative estimate of drug-likeness (QED) is 0.758. The normalized spacial score (nSPS) is 10.1. The Bertz CT molecular complexity index is 653. The van der Waals surface area contributed by atoms with Gasteiger partial charge < -0.3 is 20.3 Å². The molecule has 0 fully saturated rings. The first-order chi connectivity index (χ1) is 10.0. The Morgan fingerprint density at radius 2 is 2.05 bits per heavy atom. The number of carboxylic acids is 1. The van der Waals surface area contributed by atoms with Crippen molar-refractivity contribution in [3.63, 3.8) is 0 Å². The second kappa shape index (κ2) is 6.51. The van der Waals surface area contributed by atoms with Crippen molar-refractivity contribution in [3.05, 3.63) is 47.1 Å². The Balaban J connectivity index is 1.81. The third kappa shape index (κ3) is 4.30. The van der Waals surface area contributed by atoms with Gasteiger partial charge in [-0.15, -0.1) is 0 Å². The van der Waals surface area contributed by atoms with Crippen LogP contribution in [0.5, 0.6) is 0 Å². The van der Waals surface area contributed by atoms with Gasteiger partial charge >= 0.3 is 12.0 Å².